The van der Waals surface area contributed by atoms with Gasteiger partial charge in [-0.05, 0) is 24.5 Å². The molecule has 1 heteroatoms. The van der Waals surface area contributed by atoms with Gasteiger partial charge < -0.3 is 4.57 Å². The van der Waals surface area contributed by atoms with Crippen LogP contribution >= 0.6 is 0 Å². The Balaban J connectivity index is 2.82. The highest BCUT2D eigenvalue weighted by molar-refractivity contribution is 5.10. The van der Waals surface area contributed by atoms with E-state index in [0.29, 0.717) is 5.92 Å². The second kappa shape index (κ2) is 2.91. The van der Waals surface area contributed by atoms with E-state index in [1.54, 1.807) is 0 Å². The van der Waals surface area contributed by atoms with Crippen molar-refractivity contribution < 1.29 is 0 Å². The second-order valence-corrected chi connectivity index (χ2v) is 2.85. The highest BCUT2D eigenvalue weighted by Crippen LogP contribution is 2.17. The molecular weight excluding hydrogens is 122 g/mol. The van der Waals surface area contributed by atoms with Crippen molar-refractivity contribution in [2.75, 3.05) is 0 Å². The maximum atomic E-state index is 2.26. The van der Waals surface area contributed by atoms with Crippen molar-refractivity contribution >= 4 is 0 Å². The van der Waals surface area contributed by atoms with Crippen LogP contribution in [0.15, 0.2) is 18.3 Å². The third kappa shape index (κ3) is 1.23. The molecule has 0 unspecified atom stereocenters. The monoisotopic (exact) mass is 137 g/mol. The Morgan fingerprint density at radius 2 is 2.30 bits per heavy atom. The summed E-state index contributed by atoms with van der Waals surface area (Å²) >= 11 is 0. The van der Waals surface area contributed by atoms with Crippen LogP contribution in [-0.2, 0) is 7.05 Å². The lowest BCUT2D eigenvalue weighted by molar-refractivity contribution is 0.666. The Morgan fingerprint density at radius 3 is 2.70 bits per heavy atom. The van der Waals surface area contributed by atoms with Crippen LogP contribution in [0.3, 0.4) is 0 Å². The molecule has 0 spiro atoms. The predicted molar refractivity (Wildman–Crippen MR) is 44.1 cm³/mol. The number of hydrogen-bond donors (Lipinski definition) is 0. The molecule has 0 fully saturated rings. The minimum Gasteiger partial charge on any atom is -0.354 e. The molecule has 1 aromatic rings. The summed E-state index contributed by atoms with van der Waals surface area (Å²) in [6, 6.07) is 4.29. The van der Waals surface area contributed by atoms with Crippen molar-refractivity contribution in [2.24, 2.45) is 7.05 Å². The van der Waals surface area contributed by atoms with Gasteiger partial charge in [-0.2, -0.15) is 0 Å². The lowest BCUT2D eigenvalue weighted by atomic mass is 10.1. The van der Waals surface area contributed by atoms with E-state index < -0.39 is 0 Å². The van der Waals surface area contributed by atoms with Crippen LogP contribution < -0.4 is 0 Å². The molecule has 1 atom stereocenters. The average Bonchev–Trinajstić information content (AvgIpc) is 2.34. The second-order valence-electron chi connectivity index (χ2n) is 2.85. The molecule has 0 aliphatic heterocycles. The first-order valence-corrected chi connectivity index (χ1v) is 3.87. The van der Waals surface area contributed by atoms with E-state index in [9.17, 15) is 0 Å². The smallest absolute Gasteiger partial charge is 0.0199 e. The zero-order valence-electron chi connectivity index (χ0n) is 6.96. The van der Waals surface area contributed by atoms with Gasteiger partial charge in [0.1, 0.15) is 0 Å². The third-order valence-corrected chi connectivity index (χ3v) is 2.10. The topological polar surface area (TPSA) is 4.93 Å². The van der Waals surface area contributed by atoms with E-state index in [-0.39, 0.29) is 0 Å². The molecular formula is C9H15N. The number of nitrogens with zero attached hydrogens (tertiary/aromatic N) is 1. The molecule has 56 valence electrons. The molecule has 0 saturated heterocycles. The summed E-state index contributed by atoms with van der Waals surface area (Å²) in [4.78, 5) is 0. The zero-order valence-corrected chi connectivity index (χ0v) is 6.96. The molecule has 1 nitrogen and oxygen atoms in total. The van der Waals surface area contributed by atoms with Gasteiger partial charge in [0.2, 0.25) is 0 Å². The van der Waals surface area contributed by atoms with Gasteiger partial charge in [-0.25, -0.2) is 0 Å². The quantitative estimate of drug-likeness (QED) is 0.590. The maximum absolute atomic E-state index is 2.26. The van der Waals surface area contributed by atoms with Gasteiger partial charge in [0.15, 0.2) is 0 Å². The van der Waals surface area contributed by atoms with Gasteiger partial charge in [-0.15, -0.1) is 0 Å². The first kappa shape index (κ1) is 7.39. The molecule has 0 N–H and O–H groups in total. The molecule has 10 heavy (non-hydrogen) atoms. The summed E-state index contributed by atoms with van der Waals surface area (Å²) in [6.07, 6.45) is 3.32. The molecule has 1 rings (SSSR count). The Labute approximate surface area is 62.7 Å². The van der Waals surface area contributed by atoms with E-state index in [4.69, 9.17) is 0 Å². The number of hydrogen-bond acceptors (Lipinski definition) is 0. The molecule has 1 aromatic heterocycles. The van der Waals surface area contributed by atoms with E-state index in [0.717, 1.165) is 0 Å². The summed E-state index contributed by atoms with van der Waals surface area (Å²) in [5, 5.41) is 0. The molecule has 1 heterocycles. The SMILES string of the molecule is CC[C@@H](C)c1cccn1C. The number of rotatable bonds is 2. The van der Waals surface area contributed by atoms with Crippen LogP contribution in [-0.4, -0.2) is 4.57 Å². The molecule has 0 radical (unpaired) electrons. The largest absolute Gasteiger partial charge is 0.354 e. The molecule has 0 aromatic carbocycles. The lowest BCUT2D eigenvalue weighted by Gasteiger charge is -2.08. The van der Waals surface area contributed by atoms with Gasteiger partial charge in [0.25, 0.3) is 0 Å². The van der Waals surface area contributed by atoms with Gasteiger partial charge in [0, 0.05) is 18.9 Å². The van der Waals surface area contributed by atoms with Crippen molar-refractivity contribution in [3.63, 3.8) is 0 Å². The predicted octanol–water partition coefficient (Wildman–Crippen LogP) is 2.54. The normalized spacial score (nSPS) is 13.5. The van der Waals surface area contributed by atoms with Gasteiger partial charge >= 0.3 is 0 Å². The summed E-state index contributed by atoms with van der Waals surface area (Å²) < 4.78 is 2.19. The van der Waals surface area contributed by atoms with Crippen LogP contribution in [0.1, 0.15) is 31.9 Å². The van der Waals surface area contributed by atoms with Crippen molar-refractivity contribution in [1.29, 1.82) is 0 Å². The first-order chi connectivity index (χ1) is 4.75. The fraction of sp³-hybridized carbons (Fsp3) is 0.556. The van der Waals surface area contributed by atoms with Gasteiger partial charge in [-0.3, -0.25) is 0 Å². The summed E-state index contributed by atoms with van der Waals surface area (Å²) in [5.41, 5.74) is 1.43. The fourth-order valence-corrected chi connectivity index (χ4v) is 1.20. The highest BCUT2D eigenvalue weighted by Gasteiger charge is 2.03. The fourth-order valence-electron chi connectivity index (χ4n) is 1.20. The summed E-state index contributed by atoms with van der Waals surface area (Å²) in [5.74, 6) is 0.694. The van der Waals surface area contributed by atoms with Crippen molar-refractivity contribution in [3.05, 3.63) is 24.0 Å². The van der Waals surface area contributed by atoms with Crippen molar-refractivity contribution in [3.8, 4) is 0 Å². The molecule has 0 aliphatic rings. The average molecular weight is 137 g/mol. The first-order valence-electron chi connectivity index (χ1n) is 3.87. The molecule has 0 bridgehead atoms. The highest BCUT2D eigenvalue weighted by atomic mass is 14.9. The van der Waals surface area contributed by atoms with E-state index in [1.165, 1.54) is 12.1 Å². The van der Waals surface area contributed by atoms with Crippen molar-refractivity contribution in [1.82, 2.24) is 4.57 Å². The van der Waals surface area contributed by atoms with Gasteiger partial charge in [-0.1, -0.05) is 13.8 Å². The zero-order chi connectivity index (χ0) is 7.56. The molecule has 0 aliphatic carbocycles. The Bertz CT molecular complexity index is 200. The molecule has 0 saturated carbocycles. The summed E-state index contributed by atoms with van der Waals surface area (Å²) in [7, 11) is 2.10. The van der Waals surface area contributed by atoms with Crippen LogP contribution in [0.4, 0.5) is 0 Å². The van der Waals surface area contributed by atoms with Crippen LogP contribution in [0.5, 0.6) is 0 Å². The van der Waals surface area contributed by atoms with Crippen molar-refractivity contribution in [2.45, 2.75) is 26.2 Å². The lowest BCUT2D eigenvalue weighted by Crippen LogP contribution is -1.98. The minimum atomic E-state index is 0.694. The van der Waals surface area contributed by atoms with E-state index in [2.05, 4.69) is 43.8 Å². The van der Waals surface area contributed by atoms with Crippen LogP contribution in [0.2, 0.25) is 0 Å². The maximum Gasteiger partial charge on any atom is 0.0199 e. The van der Waals surface area contributed by atoms with Gasteiger partial charge in [0.05, 0.1) is 0 Å². The van der Waals surface area contributed by atoms with E-state index in [1.807, 2.05) is 0 Å². The van der Waals surface area contributed by atoms with Crippen LogP contribution in [0, 0.1) is 0 Å². The number of aryl methyl sites for hydroxylation is 1. The Morgan fingerprint density at radius 1 is 1.60 bits per heavy atom. The summed E-state index contributed by atoms with van der Waals surface area (Å²) in [6.45, 7) is 4.48. The van der Waals surface area contributed by atoms with E-state index >= 15 is 0 Å². The Kier molecular flexibility index (Phi) is 2.15. The number of aromatic nitrogens is 1. The minimum absolute atomic E-state index is 0.694. The molecule has 0 amide bonds. The standard InChI is InChI=1S/C9H15N/c1-4-8(2)9-6-5-7-10(9)3/h5-8H,4H2,1-3H3/t8-/m1/s1. The van der Waals surface area contributed by atoms with Crippen LogP contribution in [0.25, 0.3) is 0 Å². The Hall–Kier alpha value is -0.720. The third-order valence-electron chi connectivity index (χ3n) is 2.10.